The molecule has 2 atom stereocenters. The van der Waals surface area contributed by atoms with Crippen molar-refractivity contribution in [3.05, 3.63) is 84.2 Å². The Kier molecular flexibility index (Phi) is 6.15. The first-order valence-electron chi connectivity index (χ1n) is 11.8. The molecule has 2 aromatic carbocycles. The Hall–Kier alpha value is -2.82. The van der Waals surface area contributed by atoms with E-state index in [1.165, 1.54) is 36.5 Å². The fourth-order valence-electron chi connectivity index (χ4n) is 5.26. The Labute approximate surface area is 190 Å². The number of benzene rings is 2. The van der Waals surface area contributed by atoms with E-state index in [1.807, 2.05) is 0 Å². The van der Waals surface area contributed by atoms with Crippen molar-refractivity contribution in [1.82, 2.24) is 19.8 Å². The highest BCUT2D eigenvalue weighted by Gasteiger charge is 2.31. The predicted molar refractivity (Wildman–Crippen MR) is 132 cm³/mol. The summed E-state index contributed by atoms with van der Waals surface area (Å²) in [6, 6.07) is 26.5. The van der Waals surface area contributed by atoms with Crippen molar-refractivity contribution in [3.8, 4) is 0 Å². The highest BCUT2D eigenvalue weighted by Crippen LogP contribution is 2.28. The van der Waals surface area contributed by atoms with Crippen molar-refractivity contribution >= 4 is 21.8 Å². The van der Waals surface area contributed by atoms with Crippen LogP contribution in [-0.2, 0) is 13.1 Å². The Bertz CT molecular complexity index is 1110. The molecule has 0 radical (unpaired) electrons. The number of aromatic nitrogens is 2. The number of para-hydroxylation sites is 2. The van der Waals surface area contributed by atoms with Crippen LogP contribution in [-0.4, -0.2) is 45.9 Å². The van der Waals surface area contributed by atoms with Crippen LogP contribution in [0.3, 0.4) is 0 Å². The van der Waals surface area contributed by atoms with Gasteiger partial charge in [-0.05, 0) is 51.2 Å². The SMILES string of the molecule is CN(Cc1ccc2ccccc2n1)C1CCCCC1N(C)Cc1ccc2ccccc2n1. The molecule has 0 N–H and O–H groups in total. The average Bonchev–Trinajstić information content (AvgIpc) is 2.84. The van der Waals surface area contributed by atoms with Gasteiger partial charge in [-0.3, -0.25) is 19.8 Å². The van der Waals surface area contributed by atoms with Crippen molar-refractivity contribution < 1.29 is 0 Å². The summed E-state index contributed by atoms with van der Waals surface area (Å²) in [5.74, 6) is 0. The molecule has 4 heteroatoms. The molecule has 2 aromatic heterocycles. The Balaban J connectivity index is 1.30. The molecule has 2 heterocycles. The van der Waals surface area contributed by atoms with E-state index < -0.39 is 0 Å². The zero-order valence-corrected chi connectivity index (χ0v) is 19.1. The number of fused-ring (bicyclic) bond motifs is 2. The lowest BCUT2D eigenvalue weighted by Gasteiger charge is -2.42. The molecule has 4 aromatic rings. The van der Waals surface area contributed by atoms with E-state index in [4.69, 9.17) is 9.97 Å². The summed E-state index contributed by atoms with van der Waals surface area (Å²) < 4.78 is 0. The minimum absolute atomic E-state index is 0.530. The predicted octanol–water partition coefficient (Wildman–Crippen LogP) is 5.66. The van der Waals surface area contributed by atoms with Crippen LogP contribution >= 0.6 is 0 Å². The van der Waals surface area contributed by atoms with Crippen molar-refractivity contribution in [1.29, 1.82) is 0 Å². The summed E-state index contributed by atoms with van der Waals surface area (Å²) in [6.45, 7) is 1.77. The van der Waals surface area contributed by atoms with Gasteiger partial charge in [0, 0.05) is 35.9 Å². The molecule has 1 aliphatic rings. The monoisotopic (exact) mass is 424 g/mol. The molecule has 0 saturated heterocycles. The zero-order chi connectivity index (χ0) is 21.9. The molecule has 0 bridgehead atoms. The van der Waals surface area contributed by atoms with Gasteiger partial charge in [0.15, 0.2) is 0 Å². The first-order chi connectivity index (χ1) is 15.7. The molecule has 1 fully saturated rings. The van der Waals surface area contributed by atoms with E-state index in [2.05, 4.69) is 96.7 Å². The number of pyridine rings is 2. The molecule has 5 rings (SSSR count). The summed E-state index contributed by atoms with van der Waals surface area (Å²) >= 11 is 0. The van der Waals surface area contributed by atoms with Crippen LogP contribution in [0, 0.1) is 0 Å². The van der Waals surface area contributed by atoms with Gasteiger partial charge in [-0.25, -0.2) is 0 Å². The van der Waals surface area contributed by atoms with Crippen molar-refractivity contribution in [3.63, 3.8) is 0 Å². The lowest BCUT2D eigenvalue weighted by molar-refractivity contribution is 0.0681. The maximum Gasteiger partial charge on any atom is 0.0705 e. The fraction of sp³-hybridized carbons (Fsp3) is 0.357. The highest BCUT2D eigenvalue weighted by molar-refractivity contribution is 5.79. The quantitative estimate of drug-likeness (QED) is 0.400. The van der Waals surface area contributed by atoms with Crippen LogP contribution in [0.4, 0.5) is 0 Å². The molecule has 164 valence electrons. The molecule has 0 amide bonds. The summed E-state index contributed by atoms with van der Waals surface area (Å²) in [7, 11) is 4.53. The van der Waals surface area contributed by atoms with E-state index >= 15 is 0 Å². The smallest absolute Gasteiger partial charge is 0.0705 e. The normalized spacial score (nSPS) is 19.2. The lowest BCUT2D eigenvalue weighted by Crippen LogP contribution is -2.50. The lowest BCUT2D eigenvalue weighted by atomic mass is 9.88. The third-order valence-electron chi connectivity index (χ3n) is 6.96. The Morgan fingerprint density at radius 3 is 1.53 bits per heavy atom. The number of hydrogen-bond donors (Lipinski definition) is 0. The number of likely N-dealkylation sites (N-methyl/N-ethyl adjacent to an activating group) is 2. The zero-order valence-electron chi connectivity index (χ0n) is 19.1. The van der Waals surface area contributed by atoms with Crippen molar-refractivity contribution in [2.24, 2.45) is 0 Å². The van der Waals surface area contributed by atoms with Crippen molar-refractivity contribution in [2.75, 3.05) is 14.1 Å². The molecule has 4 nitrogen and oxygen atoms in total. The third-order valence-corrected chi connectivity index (χ3v) is 6.96. The second-order valence-electron chi connectivity index (χ2n) is 9.24. The minimum atomic E-state index is 0.530. The molecular formula is C28H32N4. The minimum Gasteiger partial charge on any atom is -0.296 e. The third kappa shape index (κ3) is 4.52. The molecule has 32 heavy (non-hydrogen) atoms. The second-order valence-corrected chi connectivity index (χ2v) is 9.24. The number of nitrogens with zero attached hydrogens (tertiary/aromatic N) is 4. The first-order valence-corrected chi connectivity index (χ1v) is 11.8. The maximum atomic E-state index is 4.91. The van der Waals surface area contributed by atoms with E-state index in [0.717, 1.165) is 35.5 Å². The van der Waals surface area contributed by atoms with E-state index in [-0.39, 0.29) is 0 Å². The maximum absolute atomic E-state index is 4.91. The highest BCUT2D eigenvalue weighted by atomic mass is 15.2. The fourth-order valence-corrected chi connectivity index (χ4v) is 5.26. The van der Waals surface area contributed by atoms with Gasteiger partial charge in [0.2, 0.25) is 0 Å². The Morgan fingerprint density at radius 1 is 0.625 bits per heavy atom. The van der Waals surface area contributed by atoms with Gasteiger partial charge in [-0.2, -0.15) is 0 Å². The van der Waals surface area contributed by atoms with E-state index in [0.29, 0.717) is 12.1 Å². The molecule has 1 saturated carbocycles. The van der Waals surface area contributed by atoms with Gasteiger partial charge in [-0.1, -0.05) is 61.4 Å². The van der Waals surface area contributed by atoms with Gasteiger partial charge in [0.1, 0.15) is 0 Å². The van der Waals surface area contributed by atoms with Gasteiger partial charge < -0.3 is 0 Å². The van der Waals surface area contributed by atoms with Crippen LogP contribution < -0.4 is 0 Å². The summed E-state index contributed by atoms with van der Waals surface area (Å²) in [4.78, 5) is 14.9. The summed E-state index contributed by atoms with van der Waals surface area (Å²) in [5, 5.41) is 2.41. The topological polar surface area (TPSA) is 32.3 Å². The van der Waals surface area contributed by atoms with Gasteiger partial charge >= 0.3 is 0 Å². The number of hydrogen-bond acceptors (Lipinski definition) is 4. The largest absolute Gasteiger partial charge is 0.296 e. The number of rotatable bonds is 6. The van der Waals surface area contributed by atoms with Crippen LogP contribution in [0.1, 0.15) is 37.1 Å². The van der Waals surface area contributed by atoms with Crippen LogP contribution in [0.5, 0.6) is 0 Å². The van der Waals surface area contributed by atoms with Crippen molar-refractivity contribution in [2.45, 2.75) is 50.9 Å². The Morgan fingerprint density at radius 2 is 1.06 bits per heavy atom. The van der Waals surface area contributed by atoms with Crippen LogP contribution in [0.2, 0.25) is 0 Å². The second kappa shape index (κ2) is 9.35. The molecule has 1 aliphatic carbocycles. The van der Waals surface area contributed by atoms with Gasteiger partial charge in [-0.15, -0.1) is 0 Å². The average molecular weight is 425 g/mol. The molecular weight excluding hydrogens is 392 g/mol. The molecule has 2 unspecified atom stereocenters. The van der Waals surface area contributed by atoms with E-state index in [1.54, 1.807) is 0 Å². The van der Waals surface area contributed by atoms with Gasteiger partial charge in [0.05, 0.1) is 22.4 Å². The van der Waals surface area contributed by atoms with Gasteiger partial charge in [0.25, 0.3) is 0 Å². The summed E-state index contributed by atoms with van der Waals surface area (Å²) in [5.41, 5.74) is 4.46. The summed E-state index contributed by atoms with van der Waals surface area (Å²) in [6.07, 6.45) is 5.09. The standard InChI is InChI=1S/C28H32N4/c1-31(19-23-17-15-21-9-3-5-11-25(21)29-23)27-13-7-8-14-28(27)32(2)20-24-18-16-22-10-4-6-12-26(22)30-24/h3-6,9-12,15-18,27-28H,7-8,13-14,19-20H2,1-2H3. The van der Waals surface area contributed by atoms with Crippen LogP contribution in [0.25, 0.3) is 21.8 Å². The first kappa shape index (κ1) is 21.0. The van der Waals surface area contributed by atoms with Crippen LogP contribution in [0.15, 0.2) is 72.8 Å². The molecule has 0 spiro atoms. The molecule has 0 aliphatic heterocycles. The van der Waals surface area contributed by atoms with E-state index in [9.17, 15) is 0 Å².